The quantitative estimate of drug-likeness (QED) is 0.582. The fourth-order valence-corrected chi connectivity index (χ4v) is 2.41. The van der Waals surface area contributed by atoms with E-state index >= 15 is 0 Å². The molecule has 1 aromatic carbocycles. The molecule has 8 heteroatoms. The van der Waals surface area contributed by atoms with E-state index in [1.807, 2.05) is 0 Å². The number of anilines is 1. The summed E-state index contributed by atoms with van der Waals surface area (Å²) >= 11 is 0. The van der Waals surface area contributed by atoms with E-state index in [2.05, 4.69) is 9.97 Å². The van der Waals surface area contributed by atoms with Gasteiger partial charge in [-0.2, -0.15) is 0 Å². The van der Waals surface area contributed by atoms with Gasteiger partial charge in [0.05, 0.1) is 11.4 Å². The van der Waals surface area contributed by atoms with Crippen molar-refractivity contribution < 1.29 is 13.5 Å². The van der Waals surface area contributed by atoms with Gasteiger partial charge in [0, 0.05) is 31.1 Å². The minimum Gasteiger partial charge on any atom is -0.457 e. The number of hydrogen-bond acceptors (Lipinski definition) is 6. The normalized spacial score (nSPS) is 15.0. The van der Waals surface area contributed by atoms with Crippen molar-refractivity contribution in [2.24, 2.45) is 11.6 Å². The third kappa shape index (κ3) is 4.66. The van der Waals surface area contributed by atoms with Gasteiger partial charge in [0.25, 0.3) is 5.92 Å². The van der Waals surface area contributed by atoms with Crippen molar-refractivity contribution in [2.75, 3.05) is 11.6 Å². The van der Waals surface area contributed by atoms with Crippen LogP contribution in [0, 0.1) is 0 Å². The Balaban J connectivity index is 1.59. The van der Waals surface area contributed by atoms with E-state index < -0.39 is 5.92 Å². The van der Waals surface area contributed by atoms with Crippen molar-refractivity contribution >= 4 is 5.69 Å². The second-order valence-electron chi connectivity index (χ2n) is 6.41. The molecule has 0 spiro atoms. The second-order valence-corrected chi connectivity index (χ2v) is 6.41. The average Bonchev–Trinajstić information content (AvgIpc) is 3.45. The van der Waals surface area contributed by atoms with Crippen LogP contribution in [0.1, 0.15) is 36.8 Å². The Labute approximate surface area is 150 Å². The molecule has 0 atom stereocenters. The first-order chi connectivity index (χ1) is 12.3. The van der Waals surface area contributed by atoms with E-state index in [-0.39, 0.29) is 18.2 Å². The van der Waals surface area contributed by atoms with Crippen LogP contribution >= 0.6 is 0 Å². The number of aromatic nitrogens is 2. The molecular formula is C18H21F2N5O. The number of ether oxygens (including phenoxy) is 1. The number of halogens is 2. The second kappa shape index (κ2) is 7.25. The van der Waals surface area contributed by atoms with Crippen LogP contribution in [0.2, 0.25) is 0 Å². The third-order valence-corrected chi connectivity index (χ3v) is 4.02. The van der Waals surface area contributed by atoms with Gasteiger partial charge in [-0.05, 0) is 36.5 Å². The van der Waals surface area contributed by atoms with Gasteiger partial charge in [-0.1, -0.05) is 12.1 Å². The molecule has 6 nitrogen and oxygen atoms in total. The molecule has 0 amide bonds. The zero-order valence-corrected chi connectivity index (χ0v) is 14.4. The molecule has 2 aromatic rings. The zero-order valence-electron chi connectivity index (χ0n) is 14.4. The number of alkyl halides is 2. The first-order valence-corrected chi connectivity index (χ1v) is 8.26. The number of benzene rings is 1. The summed E-state index contributed by atoms with van der Waals surface area (Å²) < 4.78 is 32.3. The standard InChI is InChI=1S/C18H21F2N5O/c1-18(19,20)14-3-2-4-16(7-14)25(22)10-15(21)11-26-17-23-8-13(9-24-17)12-5-6-12/h2-4,7-10,12H,5-6,11,21-22H2,1H3/b15-10-. The van der Waals surface area contributed by atoms with Gasteiger partial charge in [0.15, 0.2) is 0 Å². The number of nitrogens with two attached hydrogens (primary N) is 2. The van der Waals surface area contributed by atoms with Gasteiger partial charge >= 0.3 is 6.01 Å². The van der Waals surface area contributed by atoms with Gasteiger partial charge in [-0.15, -0.1) is 0 Å². The molecule has 0 radical (unpaired) electrons. The molecule has 4 N–H and O–H groups in total. The first kappa shape index (κ1) is 18.1. The Morgan fingerprint density at radius 1 is 1.35 bits per heavy atom. The van der Waals surface area contributed by atoms with E-state index in [1.165, 1.54) is 42.2 Å². The predicted molar refractivity (Wildman–Crippen MR) is 94.4 cm³/mol. The zero-order chi connectivity index (χ0) is 18.7. The summed E-state index contributed by atoms with van der Waals surface area (Å²) in [6.07, 6.45) is 7.27. The van der Waals surface area contributed by atoms with Gasteiger partial charge < -0.3 is 10.5 Å². The molecule has 0 unspecified atom stereocenters. The summed E-state index contributed by atoms with van der Waals surface area (Å²) in [5, 5.41) is 1.17. The molecule has 0 aliphatic heterocycles. The molecule has 1 saturated carbocycles. The maximum atomic E-state index is 13.4. The highest BCUT2D eigenvalue weighted by Gasteiger charge is 2.25. The molecule has 26 heavy (non-hydrogen) atoms. The molecular weight excluding hydrogens is 340 g/mol. The van der Waals surface area contributed by atoms with Crippen LogP contribution in [0.4, 0.5) is 14.5 Å². The van der Waals surface area contributed by atoms with E-state index in [9.17, 15) is 8.78 Å². The first-order valence-electron chi connectivity index (χ1n) is 8.26. The summed E-state index contributed by atoms with van der Waals surface area (Å²) in [5.74, 6) is 3.51. The molecule has 1 aliphatic carbocycles. The van der Waals surface area contributed by atoms with E-state index in [1.54, 1.807) is 18.5 Å². The Bertz CT molecular complexity index is 785. The highest BCUT2D eigenvalue weighted by Crippen LogP contribution is 2.39. The molecule has 0 saturated heterocycles. The van der Waals surface area contributed by atoms with Crippen LogP contribution in [-0.4, -0.2) is 16.6 Å². The molecule has 1 heterocycles. The Morgan fingerprint density at radius 2 is 2.04 bits per heavy atom. The molecule has 1 fully saturated rings. The Morgan fingerprint density at radius 3 is 2.65 bits per heavy atom. The summed E-state index contributed by atoms with van der Waals surface area (Å²) in [4.78, 5) is 8.29. The molecule has 1 aliphatic rings. The maximum absolute atomic E-state index is 13.4. The highest BCUT2D eigenvalue weighted by atomic mass is 19.3. The van der Waals surface area contributed by atoms with Crippen molar-refractivity contribution in [3.63, 3.8) is 0 Å². The van der Waals surface area contributed by atoms with Crippen molar-refractivity contribution in [2.45, 2.75) is 31.6 Å². The van der Waals surface area contributed by atoms with Crippen LogP contribution in [0.25, 0.3) is 0 Å². The smallest absolute Gasteiger partial charge is 0.316 e. The van der Waals surface area contributed by atoms with Gasteiger partial charge in [-0.3, -0.25) is 5.01 Å². The van der Waals surface area contributed by atoms with E-state index in [4.69, 9.17) is 16.3 Å². The maximum Gasteiger partial charge on any atom is 0.316 e. The molecule has 0 bridgehead atoms. The molecule has 138 valence electrons. The third-order valence-electron chi connectivity index (χ3n) is 4.02. The largest absolute Gasteiger partial charge is 0.457 e. The highest BCUT2D eigenvalue weighted by molar-refractivity contribution is 5.50. The van der Waals surface area contributed by atoms with Crippen LogP contribution < -0.4 is 21.3 Å². The lowest BCUT2D eigenvalue weighted by Gasteiger charge is -2.18. The summed E-state index contributed by atoms with van der Waals surface area (Å²) in [7, 11) is 0. The SMILES string of the molecule is CC(F)(F)c1cccc(N(N)/C=C(\N)COc2ncc(C3CC3)cn2)c1. The molecule has 1 aromatic heterocycles. The minimum absolute atomic E-state index is 0.0279. The van der Waals surface area contributed by atoms with Crippen molar-refractivity contribution in [1.82, 2.24) is 9.97 Å². The van der Waals surface area contributed by atoms with Gasteiger partial charge in [0.2, 0.25) is 0 Å². The lowest BCUT2D eigenvalue weighted by Crippen LogP contribution is -2.27. The Hall–Kier alpha value is -2.74. The summed E-state index contributed by atoms with van der Waals surface area (Å²) in [6.45, 7) is 0.861. The fourth-order valence-electron chi connectivity index (χ4n) is 2.41. The van der Waals surface area contributed by atoms with E-state index in [0.29, 0.717) is 17.3 Å². The number of hydrogen-bond donors (Lipinski definition) is 2. The Kier molecular flexibility index (Phi) is 5.03. The fraction of sp³-hybridized carbons (Fsp3) is 0.333. The topological polar surface area (TPSA) is 90.3 Å². The van der Waals surface area contributed by atoms with Crippen LogP contribution in [0.15, 0.2) is 48.6 Å². The summed E-state index contributed by atoms with van der Waals surface area (Å²) in [5.41, 5.74) is 7.56. The van der Waals surface area contributed by atoms with Gasteiger partial charge in [-0.25, -0.2) is 24.6 Å². The number of rotatable bonds is 7. The van der Waals surface area contributed by atoms with Crippen LogP contribution in [0.3, 0.4) is 0 Å². The van der Waals surface area contributed by atoms with Gasteiger partial charge in [0.1, 0.15) is 6.61 Å². The number of nitrogens with zero attached hydrogens (tertiary/aromatic N) is 3. The monoisotopic (exact) mass is 361 g/mol. The van der Waals surface area contributed by atoms with Crippen LogP contribution in [-0.2, 0) is 5.92 Å². The van der Waals surface area contributed by atoms with Crippen molar-refractivity contribution in [3.8, 4) is 6.01 Å². The lowest BCUT2D eigenvalue weighted by atomic mass is 10.1. The number of hydrazine groups is 1. The van der Waals surface area contributed by atoms with Crippen molar-refractivity contribution in [1.29, 1.82) is 0 Å². The average molecular weight is 361 g/mol. The summed E-state index contributed by atoms with van der Waals surface area (Å²) in [6, 6.07) is 6.00. The minimum atomic E-state index is -2.95. The lowest BCUT2D eigenvalue weighted by molar-refractivity contribution is 0.0175. The van der Waals surface area contributed by atoms with Crippen molar-refractivity contribution in [3.05, 3.63) is 59.7 Å². The predicted octanol–water partition coefficient (Wildman–Crippen LogP) is 3.02. The van der Waals surface area contributed by atoms with Crippen LogP contribution in [0.5, 0.6) is 6.01 Å². The van der Waals surface area contributed by atoms with E-state index in [0.717, 1.165) is 12.5 Å². The molecule has 3 rings (SSSR count).